The Bertz CT molecular complexity index is 900. The first-order valence-corrected chi connectivity index (χ1v) is 18.4. The molecule has 270 valence electrons. The Hall–Kier alpha value is -2.94. The molecule has 0 bridgehead atoms. The van der Waals surface area contributed by atoms with Gasteiger partial charge >= 0.3 is 11.9 Å². The molecule has 0 spiro atoms. The number of aliphatic hydroxyl groups is 1. The molecule has 0 aliphatic rings. The fourth-order valence-corrected chi connectivity index (χ4v) is 4.95. The Morgan fingerprint density at radius 1 is 0.660 bits per heavy atom. The number of unbranched alkanes of at least 4 members (excludes halogenated alkanes) is 14. The van der Waals surface area contributed by atoms with E-state index in [-0.39, 0.29) is 30.9 Å². The summed E-state index contributed by atoms with van der Waals surface area (Å²) in [6.45, 7) is 3.34. The van der Waals surface area contributed by atoms with Crippen molar-refractivity contribution in [3.8, 4) is 0 Å². The van der Waals surface area contributed by atoms with Gasteiger partial charge in [0, 0.05) is 12.8 Å². The van der Waals surface area contributed by atoms with E-state index in [1.165, 1.54) is 44.9 Å². The molecule has 0 fully saturated rings. The minimum atomic E-state index is -1.39. The minimum absolute atomic E-state index is 0.129. The maximum absolute atomic E-state index is 12.6. The molecule has 0 saturated carbocycles. The second kappa shape index (κ2) is 33.0. The van der Waals surface area contributed by atoms with E-state index in [0.29, 0.717) is 12.8 Å². The van der Waals surface area contributed by atoms with Crippen molar-refractivity contribution in [1.29, 1.82) is 0 Å². The van der Waals surface area contributed by atoms with Crippen LogP contribution in [0.5, 0.6) is 0 Å². The van der Waals surface area contributed by atoms with Crippen LogP contribution in [0.1, 0.15) is 155 Å². The lowest BCUT2D eigenvalue weighted by Gasteiger charge is -2.15. The molecule has 2 atom stereocenters. The van der Waals surface area contributed by atoms with E-state index in [1.54, 1.807) is 0 Å². The van der Waals surface area contributed by atoms with Gasteiger partial charge in [-0.2, -0.15) is 0 Å². The molecule has 0 saturated heterocycles. The summed E-state index contributed by atoms with van der Waals surface area (Å²) in [4.78, 5) is 47.3. The van der Waals surface area contributed by atoms with E-state index in [4.69, 9.17) is 14.9 Å². The Balaban J connectivity index is 4.31. The number of aliphatic carboxylic acids is 1. The lowest BCUT2D eigenvalue weighted by atomic mass is 10.1. The summed E-state index contributed by atoms with van der Waals surface area (Å²) in [6.07, 6.45) is 34.7. The van der Waals surface area contributed by atoms with Gasteiger partial charge in [0.15, 0.2) is 0 Å². The molecule has 0 rings (SSSR count). The number of carboxylic acids is 1. The van der Waals surface area contributed by atoms with Gasteiger partial charge in [0.1, 0.15) is 12.1 Å². The van der Waals surface area contributed by atoms with Gasteiger partial charge in [-0.25, -0.2) is 4.79 Å². The zero-order chi connectivity index (χ0) is 34.8. The van der Waals surface area contributed by atoms with E-state index in [9.17, 15) is 19.2 Å². The molecule has 4 N–H and O–H groups in total. The lowest BCUT2D eigenvalue weighted by Crippen LogP contribution is -2.47. The molecular formula is C38H66N2O7. The fraction of sp³-hybridized carbons (Fsp3) is 0.737. The maximum Gasteiger partial charge on any atom is 0.328 e. The van der Waals surface area contributed by atoms with E-state index in [0.717, 1.165) is 77.0 Å². The maximum atomic E-state index is 12.6. The number of hydrogen-bond acceptors (Lipinski definition) is 6. The van der Waals surface area contributed by atoms with Crippen LogP contribution < -0.4 is 10.6 Å². The van der Waals surface area contributed by atoms with Crippen LogP contribution in [0.3, 0.4) is 0 Å². The van der Waals surface area contributed by atoms with Gasteiger partial charge in [0.2, 0.25) is 11.8 Å². The largest absolute Gasteiger partial charge is 0.480 e. The van der Waals surface area contributed by atoms with Crippen LogP contribution in [0, 0.1) is 0 Å². The van der Waals surface area contributed by atoms with Crippen molar-refractivity contribution >= 4 is 23.8 Å². The molecule has 0 aliphatic heterocycles. The van der Waals surface area contributed by atoms with Crippen LogP contribution in [0.25, 0.3) is 0 Å². The Labute approximate surface area is 285 Å². The molecule has 0 aromatic heterocycles. The smallest absolute Gasteiger partial charge is 0.328 e. The number of esters is 1. The second-order valence-electron chi connectivity index (χ2n) is 12.3. The highest BCUT2D eigenvalue weighted by molar-refractivity contribution is 5.87. The highest BCUT2D eigenvalue weighted by atomic mass is 16.5. The molecule has 2 unspecified atom stereocenters. The van der Waals surface area contributed by atoms with Crippen LogP contribution in [0.4, 0.5) is 0 Å². The lowest BCUT2D eigenvalue weighted by molar-refractivity contribution is -0.147. The van der Waals surface area contributed by atoms with Crippen LogP contribution in [0.2, 0.25) is 0 Å². The molecule has 2 amide bonds. The number of carbonyl (C=O) groups excluding carboxylic acids is 3. The van der Waals surface area contributed by atoms with Gasteiger partial charge in [-0.05, 0) is 70.3 Å². The summed E-state index contributed by atoms with van der Waals surface area (Å²) in [5.74, 6) is -2.42. The zero-order valence-corrected chi connectivity index (χ0v) is 29.5. The monoisotopic (exact) mass is 662 g/mol. The molecule has 9 nitrogen and oxygen atoms in total. The Morgan fingerprint density at radius 2 is 1.26 bits per heavy atom. The zero-order valence-electron chi connectivity index (χ0n) is 29.5. The van der Waals surface area contributed by atoms with E-state index in [2.05, 4.69) is 60.9 Å². The number of carboxylic acid groups (broad SMARTS) is 1. The standard InChI is InChI=1S/C38H66N2O7/c1-3-5-7-9-11-12-13-14-15-16-18-20-26-30-37(44)47-33(27-23-19-17-10-8-6-4-2)28-24-21-22-25-29-35(42)39-31-36(43)40-34(32-41)38(45)46/h7,9,12-13,23,27,33-34,41H,3-6,8,10-11,14-22,24-26,28-32H2,1-2H3,(H,39,42)(H,40,43)(H,45,46)/b9-7-,13-12-,27-23-. The van der Waals surface area contributed by atoms with Crippen molar-refractivity contribution in [1.82, 2.24) is 10.6 Å². The average Bonchev–Trinajstić information content (AvgIpc) is 3.05. The van der Waals surface area contributed by atoms with Crippen molar-refractivity contribution in [2.24, 2.45) is 0 Å². The molecule has 47 heavy (non-hydrogen) atoms. The van der Waals surface area contributed by atoms with Crippen molar-refractivity contribution in [2.75, 3.05) is 13.2 Å². The SMILES string of the molecule is CCC/C=C\C/C=C\CCCCCCCC(=O)OC(/C=C\CCCCCCC)CCCCCCC(=O)NCC(=O)NC(CO)C(=O)O. The minimum Gasteiger partial charge on any atom is -0.480 e. The van der Waals surface area contributed by atoms with Gasteiger partial charge in [-0.1, -0.05) is 108 Å². The number of allylic oxidation sites excluding steroid dienone is 5. The summed E-state index contributed by atoms with van der Waals surface area (Å²) >= 11 is 0. The predicted molar refractivity (Wildman–Crippen MR) is 190 cm³/mol. The highest BCUT2D eigenvalue weighted by Crippen LogP contribution is 2.15. The number of rotatable bonds is 32. The second-order valence-corrected chi connectivity index (χ2v) is 12.3. The van der Waals surface area contributed by atoms with Gasteiger partial charge in [-0.3, -0.25) is 14.4 Å². The number of hydrogen-bond donors (Lipinski definition) is 4. The summed E-state index contributed by atoms with van der Waals surface area (Å²) in [5, 5.41) is 22.5. The molecule has 0 radical (unpaired) electrons. The third-order valence-electron chi connectivity index (χ3n) is 7.82. The van der Waals surface area contributed by atoms with Crippen molar-refractivity contribution in [3.05, 3.63) is 36.5 Å². The highest BCUT2D eigenvalue weighted by Gasteiger charge is 2.18. The van der Waals surface area contributed by atoms with E-state index < -0.39 is 24.5 Å². The number of aliphatic hydroxyl groups excluding tert-OH is 1. The molecule has 0 heterocycles. The van der Waals surface area contributed by atoms with E-state index in [1.807, 2.05) is 0 Å². The van der Waals surface area contributed by atoms with E-state index >= 15 is 0 Å². The fourth-order valence-electron chi connectivity index (χ4n) is 4.95. The summed E-state index contributed by atoms with van der Waals surface area (Å²) in [6, 6.07) is -1.39. The van der Waals surface area contributed by atoms with Gasteiger partial charge in [-0.15, -0.1) is 0 Å². The van der Waals surface area contributed by atoms with Gasteiger partial charge in [0.05, 0.1) is 13.2 Å². The van der Waals surface area contributed by atoms with Crippen LogP contribution in [-0.2, 0) is 23.9 Å². The molecule has 0 aromatic rings. The van der Waals surface area contributed by atoms with Gasteiger partial charge < -0.3 is 25.6 Å². The average molecular weight is 663 g/mol. The molecule has 0 aromatic carbocycles. The van der Waals surface area contributed by atoms with Crippen LogP contribution in [0.15, 0.2) is 36.5 Å². The summed E-state index contributed by atoms with van der Waals surface area (Å²) in [7, 11) is 0. The third-order valence-corrected chi connectivity index (χ3v) is 7.82. The first-order valence-electron chi connectivity index (χ1n) is 18.4. The number of amides is 2. The van der Waals surface area contributed by atoms with Crippen LogP contribution >= 0.6 is 0 Å². The number of carbonyl (C=O) groups is 4. The van der Waals surface area contributed by atoms with Crippen molar-refractivity contribution in [2.45, 2.75) is 167 Å². The van der Waals surface area contributed by atoms with Gasteiger partial charge in [0.25, 0.3) is 0 Å². The number of ether oxygens (including phenoxy) is 1. The quantitative estimate of drug-likeness (QED) is 0.0326. The topological polar surface area (TPSA) is 142 Å². The Kier molecular flexibility index (Phi) is 30.9. The first kappa shape index (κ1) is 44.1. The van der Waals surface area contributed by atoms with Crippen LogP contribution in [-0.4, -0.2) is 59.3 Å². The third kappa shape index (κ3) is 30.2. The predicted octanol–water partition coefficient (Wildman–Crippen LogP) is 7.87. The number of nitrogens with one attached hydrogen (secondary N) is 2. The van der Waals surface area contributed by atoms with Crippen molar-refractivity contribution < 1.29 is 34.1 Å². The summed E-state index contributed by atoms with van der Waals surface area (Å²) in [5.41, 5.74) is 0. The normalized spacial score (nSPS) is 12.9. The molecule has 9 heteroatoms. The Morgan fingerprint density at radius 3 is 1.91 bits per heavy atom. The molecular weight excluding hydrogens is 596 g/mol. The first-order chi connectivity index (χ1) is 22.8. The van der Waals surface area contributed by atoms with Crippen molar-refractivity contribution in [3.63, 3.8) is 0 Å². The summed E-state index contributed by atoms with van der Waals surface area (Å²) < 4.78 is 5.86. The molecule has 0 aliphatic carbocycles.